The van der Waals surface area contributed by atoms with Gasteiger partial charge in [0.05, 0.1) is 19.8 Å². The summed E-state index contributed by atoms with van der Waals surface area (Å²) in [6, 6.07) is 6.31. The number of guanidine groups is 1. The van der Waals surface area contributed by atoms with Crippen LogP contribution in [-0.4, -0.2) is 50.8 Å². The van der Waals surface area contributed by atoms with Crippen LogP contribution in [0.25, 0.3) is 0 Å². The van der Waals surface area contributed by atoms with Gasteiger partial charge < -0.3 is 19.7 Å². The van der Waals surface area contributed by atoms with E-state index in [-0.39, 0.29) is 24.0 Å². The number of benzene rings is 1. The third-order valence-corrected chi connectivity index (χ3v) is 4.27. The molecule has 1 aliphatic heterocycles. The van der Waals surface area contributed by atoms with Gasteiger partial charge in [0.2, 0.25) is 0 Å². The summed E-state index contributed by atoms with van der Waals surface area (Å²) in [5.41, 5.74) is 2.37. The first kappa shape index (κ1) is 22.0. The van der Waals surface area contributed by atoms with Gasteiger partial charge in [-0.2, -0.15) is 0 Å². The Labute approximate surface area is 169 Å². The number of ether oxygens (including phenoxy) is 2. The molecule has 1 heterocycles. The maximum Gasteiger partial charge on any atom is 0.194 e. The minimum atomic E-state index is 0. The molecule has 2 rings (SSSR count). The van der Waals surface area contributed by atoms with Crippen LogP contribution in [0, 0.1) is 12.8 Å². The molecular weight excluding hydrogens is 429 g/mol. The van der Waals surface area contributed by atoms with Gasteiger partial charge in [-0.25, -0.2) is 4.99 Å². The Morgan fingerprint density at radius 1 is 1.36 bits per heavy atom. The SMILES string of the molecule is CCNC(=NCc1ccc(OCC)c(C)c1)N1CCC(COC)C1.I. The summed E-state index contributed by atoms with van der Waals surface area (Å²) in [5.74, 6) is 2.56. The predicted molar refractivity (Wildman–Crippen MR) is 114 cm³/mol. The molecule has 0 radical (unpaired) electrons. The molecule has 1 atom stereocenters. The molecule has 1 fully saturated rings. The zero-order valence-corrected chi connectivity index (χ0v) is 18.2. The number of rotatable bonds is 7. The first-order valence-electron chi connectivity index (χ1n) is 8.92. The standard InChI is InChI=1S/C19H31N3O2.HI/c1-5-20-19(22-10-9-17(13-22)14-23-4)21-12-16-7-8-18(24-6-2)15(3)11-16;/h7-8,11,17H,5-6,9-10,12-14H2,1-4H3,(H,20,21);1H. The van der Waals surface area contributed by atoms with Gasteiger partial charge in [-0.1, -0.05) is 12.1 Å². The van der Waals surface area contributed by atoms with Crippen molar-refractivity contribution in [3.05, 3.63) is 29.3 Å². The summed E-state index contributed by atoms with van der Waals surface area (Å²) in [5, 5.41) is 3.41. The van der Waals surface area contributed by atoms with E-state index in [2.05, 4.69) is 36.2 Å². The number of methoxy groups -OCH3 is 1. The quantitative estimate of drug-likeness (QED) is 0.384. The smallest absolute Gasteiger partial charge is 0.194 e. The summed E-state index contributed by atoms with van der Waals surface area (Å²) in [4.78, 5) is 7.17. The number of aliphatic imine (C=N–C) groups is 1. The van der Waals surface area contributed by atoms with Crippen molar-refractivity contribution in [1.82, 2.24) is 10.2 Å². The van der Waals surface area contributed by atoms with Gasteiger partial charge in [0.15, 0.2) is 5.96 Å². The van der Waals surface area contributed by atoms with Crippen LogP contribution in [0.3, 0.4) is 0 Å². The highest BCUT2D eigenvalue weighted by molar-refractivity contribution is 14.0. The molecule has 0 aromatic heterocycles. The first-order valence-corrected chi connectivity index (χ1v) is 8.92. The van der Waals surface area contributed by atoms with E-state index in [1.165, 1.54) is 12.0 Å². The minimum Gasteiger partial charge on any atom is -0.494 e. The average molecular weight is 461 g/mol. The topological polar surface area (TPSA) is 46.1 Å². The third-order valence-electron chi connectivity index (χ3n) is 4.27. The second-order valence-corrected chi connectivity index (χ2v) is 6.26. The van der Waals surface area contributed by atoms with Crippen molar-refractivity contribution in [2.75, 3.05) is 40.0 Å². The van der Waals surface area contributed by atoms with Gasteiger partial charge in [0, 0.05) is 32.7 Å². The molecule has 142 valence electrons. The fourth-order valence-corrected chi connectivity index (χ4v) is 3.12. The minimum absolute atomic E-state index is 0. The normalized spacial score (nSPS) is 17.4. The third kappa shape index (κ3) is 6.66. The van der Waals surface area contributed by atoms with Crippen molar-refractivity contribution in [1.29, 1.82) is 0 Å². The number of hydrogen-bond acceptors (Lipinski definition) is 3. The highest BCUT2D eigenvalue weighted by Crippen LogP contribution is 2.20. The second kappa shape index (κ2) is 11.6. The summed E-state index contributed by atoms with van der Waals surface area (Å²) < 4.78 is 10.9. The fraction of sp³-hybridized carbons (Fsp3) is 0.632. The van der Waals surface area contributed by atoms with E-state index in [4.69, 9.17) is 14.5 Å². The number of halogens is 1. The fourth-order valence-electron chi connectivity index (χ4n) is 3.12. The molecule has 1 aromatic rings. The Balaban J connectivity index is 0.00000312. The Bertz CT molecular complexity index is 551. The first-order chi connectivity index (χ1) is 11.7. The van der Waals surface area contributed by atoms with Crippen molar-refractivity contribution in [2.24, 2.45) is 10.9 Å². The molecule has 25 heavy (non-hydrogen) atoms. The zero-order chi connectivity index (χ0) is 17.4. The van der Waals surface area contributed by atoms with Crippen LogP contribution >= 0.6 is 24.0 Å². The maximum absolute atomic E-state index is 5.60. The summed E-state index contributed by atoms with van der Waals surface area (Å²) in [7, 11) is 1.77. The van der Waals surface area contributed by atoms with Crippen LogP contribution in [0.1, 0.15) is 31.4 Å². The molecule has 0 aliphatic carbocycles. The number of nitrogens with one attached hydrogen (secondary N) is 1. The molecule has 0 saturated carbocycles. The average Bonchev–Trinajstić information content (AvgIpc) is 3.03. The van der Waals surface area contributed by atoms with Gasteiger partial charge in [0.1, 0.15) is 5.75 Å². The van der Waals surface area contributed by atoms with E-state index < -0.39 is 0 Å². The second-order valence-electron chi connectivity index (χ2n) is 6.26. The molecule has 1 aromatic carbocycles. The van der Waals surface area contributed by atoms with E-state index >= 15 is 0 Å². The Kier molecular flexibility index (Phi) is 10.2. The van der Waals surface area contributed by atoms with Gasteiger partial charge >= 0.3 is 0 Å². The summed E-state index contributed by atoms with van der Waals surface area (Å²) in [6.07, 6.45) is 1.17. The molecule has 0 bridgehead atoms. The van der Waals surface area contributed by atoms with Crippen molar-refractivity contribution in [3.63, 3.8) is 0 Å². The lowest BCUT2D eigenvalue weighted by molar-refractivity contribution is 0.157. The lowest BCUT2D eigenvalue weighted by Gasteiger charge is -2.21. The van der Waals surface area contributed by atoms with Crippen LogP contribution in [0.5, 0.6) is 5.75 Å². The molecular formula is C19H32IN3O2. The Morgan fingerprint density at radius 3 is 2.80 bits per heavy atom. The molecule has 1 unspecified atom stereocenters. The largest absolute Gasteiger partial charge is 0.494 e. The highest BCUT2D eigenvalue weighted by atomic mass is 127. The van der Waals surface area contributed by atoms with Gasteiger partial charge in [-0.15, -0.1) is 24.0 Å². The monoisotopic (exact) mass is 461 g/mol. The van der Waals surface area contributed by atoms with Crippen molar-refractivity contribution in [3.8, 4) is 5.75 Å². The predicted octanol–water partition coefficient (Wildman–Crippen LogP) is 3.45. The number of nitrogens with zero attached hydrogens (tertiary/aromatic N) is 2. The van der Waals surface area contributed by atoms with E-state index in [1.807, 2.05) is 13.0 Å². The molecule has 1 saturated heterocycles. The molecule has 5 nitrogen and oxygen atoms in total. The van der Waals surface area contributed by atoms with Crippen LogP contribution < -0.4 is 10.1 Å². The highest BCUT2D eigenvalue weighted by Gasteiger charge is 2.24. The molecule has 1 N–H and O–H groups in total. The van der Waals surface area contributed by atoms with Gasteiger partial charge in [-0.3, -0.25) is 0 Å². The van der Waals surface area contributed by atoms with Crippen molar-refractivity contribution < 1.29 is 9.47 Å². The lowest BCUT2D eigenvalue weighted by atomic mass is 10.1. The van der Waals surface area contributed by atoms with E-state index in [0.29, 0.717) is 19.1 Å². The zero-order valence-electron chi connectivity index (χ0n) is 15.9. The lowest BCUT2D eigenvalue weighted by Crippen LogP contribution is -2.40. The summed E-state index contributed by atoms with van der Waals surface area (Å²) in [6.45, 7) is 11.3. The van der Waals surface area contributed by atoms with Gasteiger partial charge in [0.25, 0.3) is 0 Å². The number of hydrogen-bond donors (Lipinski definition) is 1. The Morgan fingerprint density at radius 2 is 2.16 bits per heavy atom. The molecule has 0 amide bonds. The van der Waals surface area contributed by atoms with Crippen LogP contribution in [0.4, 0.5) is 0 Å². The number of likely N-dealkylation sites (tertiary alicyclic amines) is 1. The van der Waals surface area contributed by atoms with E-state index in [9.17, 15) is 0 Å². The Hall–Kier alpha value is -1.02. The summed E-state index contributed by atoms with van der Waals surface area (Å²) >= 11 is 0. The maximum atomic E-state index is 5.60. The van der Waals surface area contributed by atoms with E-state index in [0.717, 1.165) is 43.5 Å². The van der Waals surface area contributed by atoms with Crippen LogP contribution in [0.15, 0.2) is 23.2 Å². The number of aryl methyl sites for hydroxylation is 1. The van der Waals surface area contributed by atoms with Crippen LogP contribution in [0.2, 0.25) is 0 Å². The molecule has 0 spiro atoms. The molecule has 6 heteroatoms. The van der Waals surface area contributed by atoms with E-state index in [1.54, 1.807) is 7.11 Å². The van der Waals surface area contributed by atoms with Crippen LogP contribution in [-0.2, 0) is 11.3 Å². The van der Waals surface area contributed by atoms with Crippen molar-refractivity contribution in [2.45, 2.75) is 33.7 Å². The van der Waals surface area contributed by atoms with Gasteiger partial charge in [-0.05, 0) is 44.4 Å². The van der Waals surface area contributed by atoms with Crippen molar-refractivity contribution >= 4 is 29.9 Å². The molecule has 1 aliphatic rings.